The van der Waals surface area contributed by atoms with Crippen LogP contribution in [-0.4, -0.2) is 58.3 Å². The smallest absolute Gasteiger partial charge is 0.261 e. The van der Waals surface area contributed by atoms with Gasteiger partial charge in [-0.15, -0.1) is 0 Å². The van der Waals surface area contributed by atoms with Crippen LogP contribution in [0.4, 0.5) is 0 Å². The van der Waals surface area contributed by atoms with Gasteiger partial charge in [-0.3, -0.25) is 9.78 Å². The number of hydrogen-bond acceptors (Lipinski definition) is 7. The Bertz CT molecular complexity index is 1090. The van der Waals surface area contributed by atoms with E-state index in [2.05, 4.69) is 15.1 Å². The van der Waals surface area contributed by atoms with Crippen molar-refractivity contribution in [3.05, 3.63) is 59.7 Å². The normalized spacial score (nSPS) is 19.3. The van der Waals surface area contributed by atoms with Crippen LogP contribution in [0.25, 0.3) is 11.5 Å². The van der Waals surface area contributed by atoms with Crippen LogP contribution < -0.4 is 4.74 Å². The van der Waals surface area contributed by atoms with Crippen LogP contribution in [0, 0.1) is 6.92 Å². The maximum Gasteiger partial charge on any atom is 0.261 e. The second-order valence-corrected chi connectivity index (χ2v) is 8.26. The fourth-order valence-corrected chi connectivity index (χ4v) is 4.28. The average molecular weight is 434 g/mol. The fourth-order valence-electron chi connectivity index (χ4n) is 4.28. The van der Waals surface area contributed by atoms with E-state index >= 15 is 0 Å². The maximum absolute atomic E-state index is 12.9. The zero-order valence-corrected chi connectivity index (χ0v) is 18.1. The highest BCUT2D eigenvalue weighted by Gasteiger charge is 2.30. The van der Waals surface area contributed by atoms with Gasteiger partial charge in [0.15, 0.2) is 5.82 Å². The number of likely N-dealkylation sites (tertiary alicyclic amines) is 1. The monoisotopic (exact) mass is 434 g/mol. The van der Waals surface area contributed by atoms with Crippen molar-refractivity contribution in [2.24, 2.45) is 0 Å². The number of para-hydroxylation sites is 1. The van der Waals surface area contributed by atoms with Crippen LogP contribution in [0.2, 0.25) is 0 Å². The van der Waals surface area contributed by atoms with Gasteiger partial charge in [0.25, 0.3) is 11.8 Å². The summed E-state index contributed by atoms with van der Waals surface area (Å²) in [5, 5.41) is 4.21. The summed E-state index contributed by atoms with van der Waals surface area (Å²) in [4.78, 5) is 23.6. The van der Waals surface area contributed by atoms with Crippen molar-refractivity contribution >= 4 is 5.91 Å². The lowest BCUT2D eigenvalue weighted by atomic mass is 10.00. The van der Waals surface area contributed by atoms with E-state index in [1.54, 1.807) is 12.3 Å². The highest BCUT2D eigenvalue weighted by molar-refractivity contribution is 5.95. The van der Waals surface area contributed by atoms with Crippen LogP contribution in [-0.2, 0) is 4.74 Å². The molecule has 4 heterocycles. The van der Waals surface area contributed by atoms with Gasteiger partial charge in [0.2, 0.25) is 0 Å². The minimum atomic E-state index is -0.102. The van der Waals surface area contributed by atoms with E-state index in [-0.39, 0.29) is 17.9 Å². The Morgan fingerprint density at radius 2 is 1.97 bits per heavy atom. The van der Waals surface area contributed by atoms with E-state index < -0.39 is 0 Å². The van der Waals surface area contributed by atoms with Crippen molar-refractivity contribution in [2.75, 3.05) is 26.3 Å². The second-order valence-electron chi connectivity index (χ2n) is 8.26. The number of aromatic nitrogens is 3. The second kappa shape index (κ2) is 9.08. The highest BCUT2D eigenvalue weighted by atomic mass is 16.5. The molecule has 2 aromatic heterocycles. The van der Waals surface area contributed by atoms with Crippen LogP contribution in [0.3, 0.4) is 0 Å². The number of benzene rings is 1. The van der Waals surface area contributed by atoms with Crippen molar-refractivity contribution in [1.82, 2.24) is 20.0 Å². The lowest BCUT2D eigenvalue weighted by Gasteiger charge is -2.19. The van der Waals surface area contributed by atoms with Crippen molar-refractivity contribution in [1.29, 1.82) is 0 Å². The van der Waals surface area contributed by atoms with Crippen molar-refractivity contribution in [3.63, 3.8) is 0 Å². The number of pyridine rings is 1. The molecule has 2 saturated heterocycles. The van der Waals surface area contributed by atoms with E-state index in [0.717, 1.165) is 49.6 Å². The first kappa shape index (κ1) is 20.6. The molecule has 0 N–H and O–H groups in total. The molecule has 32 heavy (non-hydrogen) atoms. The van der Waals surface area contributed by atoms with Crippen molar-refractivity contribution in [3.8, 4) is 17.2 Å². The molecule has 2 fully saturated rings. The van der Waals surface area contributed by atoms with Gasteiger partial charge in [-0.2, -0.15) is 4.98 Å². The van der Waals surface area contributed by atoms with Gasteiger partial charge >= 0.3 is 0 Å². The largest absolute Gasteiger partial charge is 0.488 e. The minimum Gasteiger partial charge on any atom is -0.488 e. The Labute approximate surface area is 186 Å². The molecule has 8 nitrogen and oxygen atoms in total. The SMILES string of the molecule is Cc1ncccc1C(=O)N1CCC(Oc2ccccc2-c2nc(C3CCOCC3)no2)C1. The Kier molecular flexibility index (Phi) is 5.85. The van der Waals surface area contributed by atoms with Gasteiger partial charge in [-0.25, -0.2) is 0 Å². The fraction of sp³-hybridized carbons (Fsp3) is 0.417. The highest BCUT2D eigenvalue weighted by Crippen LogP contribution is 2.33. The maximum atomic E-state index is 12.9. The molecule has 166 valence electrons. The van der Waals surface area contributed by atoms with Gasteiger partial charge in [-0.05, 0) is 44.0 Å². The molecule has 2 aliphatic heterocycles. The third kappa shape index (κ3) is 4.23. The zero-order chi connectivity index (χ0) is 21.9. The van der Waals surface area contributed by atoms with Gasteiger partial charge in [0.1, 0.15) is 11.9 Å². The average Bonchev–Trinajstić information content (AvgIpc) is 3.50. The summed E-state index contributed by atoms with van der Waals surface area (Å²) >= 11 is 0. The first-order valence-electron chi connectivity index (χ1n) is 11.1. The standard InChI is InChI=1S/C24H26N4O4/c1-16-19(6-4-11-25-16)24(29)28-12-8-18(15-28)31-21-7-3-2-5-20(21)23-26-22(27-32-23)17-9-13-30-14-10-17/h2-7,11,17-18H,8-10,12-15H2,1H3. The number of ether oxygens (including phenoxy) is 2. The van der Waals surface area contributed by atoms with Crippen LogP contribution in [0.15, 0.2) is 47.1 Å². The zero-order valence-electron chi connectivity index (χ0n) is 18.1. The molecular formula is C24H26N4O4. The topological polar surface area (TPSA) is 90.6 Å². The molecule has 1 amide bonds. The summed E-state index contributed by atoms with van der Waals surface area (Å²) in [5.74, 6) is 2.13. The quantitative estimate of drug-likeness (QED) is 0.606. The molecule has 2 aliphatic rings. The number of carbonyl (C=O) groups is 1. The number of nitrogens with zero attached hydrogens (tertiary/aromatic N) is 4. The molecule has 1 atom stereocenters. The summed E-state index contributed by atoms with van der Waals surface area (Å²) in [5.41, 5.74) is 2.15. The number of hydrogen-bond donors (Lipinski definition) is 0. The number of carbonyl (C=O) groups excluding carboxylic acids is 1. The van der Waals surface area contributed by atoms with Crippen molar-refractivity contribution in [2.45, 2.75) is 38.2 Å². The minimum absolute atomic E-state index is 0.00649. The molecule has 0 spiro atoms. The summed E-state index contributed by atoms with van der Waals surface area (Å²) in [6.45, 7) is 4.48. The van der Waals surface area contributed by atoms with Gasteiger partial charge in [0.05, 0.1) is 17.7 Å². The number of aryl methyl sites for hydroxylation is 1. The van der Waals surface area contributed by atoms with E-state index in [1.165, 1.54) is 0 Å². The summed E-state index contributed by atoms with van der Waals surface area (Å²) in [6.07, 6.45) is 4.16. The number of rotatable bonds is 5. The predicted molar refractivity (Wildman–Crippen MR) is 116 cm³/mol. The van der Waals surface area contributed by atoms with E-state index in [1.807, 2.05) is 42.2 Å². The third-order valence-corrected chi connectivity index (χ3v) is 6.11. The van der Waals surface area contributed by atoms with Crippen LogP contribution in [0.1, 0.15) is 47.1 Å². The van der Waals surface area contributed by atoms with E-state index in [0.29, 0.717) is 30.3 Å². The Hall–Kier alpha value is -3.26. The first-order chi connectivity index (χ1) is 15.7. The first-order valence-corrected chi connectivity index (χ1v) is 11.1. The van der Waals surface area contributed by atoms with E-state index in [4.69, 9.17) is 14.0 Å². The summed E-state index contributed by atoms with van der Waals surface area (Å²) < 4.78 is 17.3. The molecule has 0 bridgehead atoms. The van der Waals surface area contributed by atoms with Gasteiger partial charge < -0.3 is 18.9 Å². The Morgan fingerprint density at radius 3 is 2.81 bits per heavy atom. The molecule has 0 saturated carbocycles. The van der Waals surface area contributed by atoms with E-state index in [9.17, 15) is 4.79 Å². The Balaban J connectivity index is 1.29. The molecule has 5 rings (SSSR count). The molecule has 3 aromatic rings. The lowest BCUT2D eigenvalue weighted by Crippen LogP contribution is -2.31. The van der Waals surface area contributed by atoms with Crippen LogP contribution >= 0.6 is 0 Å². The lowest BCUT2D eigenvalue weighted by molar-refractivity contribution is 0.0771. The summed E-state index contributed by atoms with van der Waals surface area (Å²) in [6, 6.07) is 11.3. The molecule has 0 aliphatic carbocycles. The summed E-state index contributed by atoms with van der Waals surface area (Å²) in [7, 11) is 0. The van der Waals surface area contributed by atoms with Crippen molar-refractivity contribution < 1.29 is 18.8 Å². The predicted octanol–water partition coefficient (Wildman–Crippen LogP) is 3.63. The number of amides is 1. The van der Waals surface area contributed by atoms with Crippen LogP contribution in [0.5, 0.6) is 5.75 Å². The Morgan fingerprint density at radius 1 is 1.12 bits per heavy atom. The molecule has 1 aromatic carbocycles. The van der Waals surface area contributed by atoms with Gasteiger partial charge in [0, 0.05) is 44.0 Å². The molecular weight excluding hydrogens is 408 g/mol. The third-order valence-electron chi connectivity index (χ3n) is 6.11. The molecule has 0 radical (unpaired) electrons. The van der Waals surface area contributed by atoms with Gasteiger partial charge in [-0.1, -0.05) is 17.3 Å². The molecule has 1 unspecified atom stereocenters. The molecule has 8 heteroatoms.